The van der Waals surface area contributed by atoms with Crippen LogP contribution in [0.25, 0.3) is 0 Å². The summed E-state index contributed by atoms with van der Waals surface area (Å²) in [6.07, 6.45) is 7.64. The molecule has 1 aromatic rings. The summed E-state index contributed by atoms with van der Waals surface area (Å²) in [7, 11) is 2.09. The molecule has 3 rings (SSSR count). The maximum atomic E-state index is 4.31. The summed E-state index contributed by atoms with van der Waals surface area (Å²) in [4.78, 5) is 0. The number of thioether (sulfide) groups is 1. The van der Waals surface area contributed by atoms with Gasteiger partial charge in [-0.1, -0.05) is 38.5 Å². The molecule has 2 aliphatic carbocycles. The number of rotatable bonds is 4. The van der Waals surface area contributed by atoms with Crippen LogP contribution >= 0.6 is 11.8 Å². The van der Waals surface area contributed by atoms with Gasteiger partial charge in [-0.25, -0.2) is 4.68 Å². The first-order valence-corrected chi connectivity index (χ1v) is 9.18. The third-order valence-corrected chi connectivity index (χ3v) is 6.68. The molecule has 4 atom stereocenters. The van der Waals surface area contributed by atoms with Gasteiger partial charge in [0, 0.05) is 11.3 Å². The molecule has 0 aliphatic heterocycles. The monoisotopic (exact) mass is 309 g/mol. The molecule has 0 spiro atoms. The molecule has 2 aliphatic rings. The first-order chi connectivity index (χ1) is 10.2. The van der Waals surface area contributed by atoms with E-state index in [9.17, 15) is 0 Å². The van der Waals surface area contributed by atoms with Crippen LogP contribution in [0.15, 0.2) is 5.16 Å². The van der Waals surface area contributed by atoms with Crippen LogP contribution in [0, 0.1) is 11.8 Å². The summed E-state index contributed by atoms with van der Waals surface area (Å²) < 4.78 is 2.09. The molecular weight excluding hydrogens is 282 g/mol. The zero-order valence-corrected chi connectivity index (χ0v) is 14.1. The number of hydrogen-bond donors (Lipinski definition) is 1. The van der Waals surface area contributed by atoms with E-state index in [0.717, 1.165) is 11.1 Å². The van der Waals surface area contributed by atoms with Gasteiger partial charge in [-0.2, -0.15) is 0 Å². The molecule has 0 aromatic carbocycles. The quantitative estimate of drug-likeness (QED) is 0.927. The molecule has 0 amide bonds. The Kier molecular flexibility index (Phi) is 4.84. The van der Waals surface area contributed by atoms with Crippen molar-refractivity contribution < 1.29 is 0 Å². The van der Waals surface area contributed by atoms with Gasteiger partial charge in [0.15, 0.2) is 0 Å². The van der Waals surface area contributed by atoms with Crippen LogP contribution in [0.1, 0.15) is 58.4 Å². The van der Waals surface area contributed by atoms with Gasteiger partial charge in [0.05, 0.1) is 6.04 Å². The lowest BCUT2D eigenvalue weighted by Crippen LogP contribution is -2.45. The smallest absolute Gasteiger partial charge is 0.209 e. The Bertz CT molecular complexity index is 457. The second-order valence-corrected chi connectivity index (χ2v) is 8.02. The number of tetrazole rings is 1. The fourth-order valence-corrected chi connectivity index (χ4v) is 5.45. The van der Waals surface area contributed by atoms with E-state index in [1.165, 1.54) is 38.5 Å². The lowest BCUT2D eigenvalue weighted by Gasteiger charge is -2.38. The summed E-state index contributed by atoms with van der Waals surface area (Å²) in [5, 5.41) is 17.6. The minimum Gasteiger partial charge on any atom is -0.316 e. The molecule has 2 fully saturated rings. The second-order valence-electron chi connectivity index (χ2n) is 6.88. The van der Waals surface area contributed by atoms with Gasteiger partial charge in [0.1, 0.15) is 0 Å². The number of aromatic nitrogens is 4. The summed E-state index contributed by atoms with van der Waals surface area (Å²) in [5.41, 5.74) is 0. The van der Waals surface area contributed by atoms with E-state index >= 15 is 0 Å². The van der Waals surface area contributed by atoms with E-state index in [4.69, 9.17) is 0 Å². The SMILES string of the molecule is CNC1CC(C)CC(C)C1Sc1nnnn1C1CCCC1. The average molecular weight is 309 g/mol. The Morgan fingerprint density at radius 1 is 1.19 bits per heavy atom. The van der Waals surface area contributed by atoms with Crippen molar-refractivity contribution in [3.63, 3.8) is 0 Å². The Morgan fingerprint density at radius 2 is 1.95 bits per heavy atom. The second kappa shape index (κ2) is 6.65. The highest BCUT2D eigenvalue weighted by atomic mass is 32.2. The molecule has 21 heavy (non-hydrogen) atoms. The highest BCUT2D eigenvalue weighted by molar-refractivity contribution is 7.99. The van der Waals surface area contributed by atoms with E-state index in [-0.39, 0.29) is 0 Å². The molecule has 0 radical (unpaired) electrons. The molecule has 2 saturated carbocycles. The van der Waals surface area contributed by atoms with Crippen LogP contribution in [0.5, 0.6) is 0 Å². The fourth-order valence-electron chi connectivity index (χ4n) is 4.07. The van der Waals surface area contributed by atoms with Crippen molar-refractivity contribution in [1.29, 1.82) is 0 Å². The van der Waals surface area contributed by atoms with Crippen LogP contribution in [0.4, 0.5) is 0 Å². The van der Waals surface area contributed by atoms with Crippen LogP contribution < -0.4 is 5.32 Å². The van der Waals surface area contributed by atoms with Gasteiger partial charge < -0.3 is 5.32 Å². The normalized spacial score (nSPS) is 34.4. The van der Waals surface area contributed by atoms with E-state index in [0.29, 0.717) is 23.3 Å². The highest BCUT2D eigenvalue weighted by Crippen LogP contribution is 2.40. The third kappa shape index (κ3) is 3.26. The van der Waals surface area contributed by atoms with Crippen LogP contribution in [0.2, 0.25) is 0 Å². The Labute approximate surface area is 131 Å². The lowest BCUT2D eigenvalue weighted by atomic mass is 9.80. The van der Waals surface area contributed by atoms with Gasteiger partial charge in [-0.15, -0.1) is 5.10 Å². The standard InChI is InChI=1S/C15H27N5S/c1-10-8-11(2)14(13(9-10)16-3)21-15-17-18-19-20(15)12-6-4-5-7-12/h10-14,16H,4-9H2,1-3H3. The van der Waals surface area contributed by atoms with Crippen molar-refractivity contribution in [3.05, 3.63) is 0 Å². The summed E-state index contributed by atoms with van der Waals surface area (Å²) in [6, 6.07) is 1.08. The highest BCUT2D eigenvalue weighted by Gasteiger charge is 2.35. The average Bonchev–Trinajstić information content (AvgIpc) is 3.11. The molecular formula is C15H27N5S. The van der Waals surface area contributed by atoms with Crippen molar-refractivity contribution in [2.75, 3.05) is 7.05 Å². The summed E-state index contributed by atoms with van der Waals surface area (Å²) in [6.45, 7) is 4.74. The Hall–Kier alpha value is -0.620. The van der Waals surface area contributed by atoms with E-state index in [1.807, 2.05) is 11.8 Å². The van der Waals surface area contributed by atoms with Crippen LogP contribution in [-0.2, 0) is 0 Å². The number of nitrogens with one attached hydrogen (secondary N) is 1. The predicted molar refractivity (Wildman–Crippen MR) is 85.4 cm³/mol. The number of nitrogens with zero attached hydrogens (tertiary/aromatic N) is 4. The maximum absolute atomic E-state index is 4.31. The van der Waals surface area contributed by atoms with Gasteiger partial charge in [0.25, 0.3) is 0 Å². The Morgan fingerprint density at radius 3 is 2.67 bits per heavy atom. The first-order valence-electron chi connectivity index (χ1n) is 8.30. The predicted octanol–water partition coefficient (Wildman–Crippen LogP) is 2.90. The number of hydrogen-bond acceptors (Lipinski definition) is 5. The molecule has 118 valence electrons. The zero-order valence-electron chi connectivity index (χ0n) is 13.3. The van der Waals surface area contributed by atoms with Crippen LogP contribution in [0.3, 0.4) is 0 Å². The molecule has 1 aromatic heterocycles. The molecule has 4 unspecified atom stereocenters. The molecule has 0 saturated heterocycles. The minimum absolute atomic E-state index is 0.522. The van der Waals surface area contributed by atoms with Gasteiger partial charge >= 0.3 is 0 Å². The van der Waals surface area contributed by atoms with Crippen molar-refractivity contribution in [1.82, 2.24) is 25.5 Å². The summed E-state index contributed by atoms with van der Waals surface area (Å²) in [5.74, 6) is 1.50. The van der Waals surface area contributed by atoms with Crippen molar-refractivity contribution in [2.24, 2.45) is 11.8 Å². The molecule has 5 nitrogen and oxygen atoms in total. The first kappa shape index (κ1) is 15.3. The third-order valence-electron chi connectivity index (χ3n) is 5.13. The Balaban J connectivity index is 1.74. The van der Waals surface area contributed by atoms with Gasteiger partial charge in [-0.3, -0.25) is 0 Å². The van der Waals surface area contributed by atoms with E-state index in [2.05, 4.69) is 46.4 Å². The van der Waals surface area contributed by atoms with Gasteiger partial charge in [-0.05, 0) is 55.0 Å². The largest absolute Gasteiger partial charge is 0.316 e. The molecule has 0 bridgehead atoms. The molecule has 6 heteroatoms. The molecule has 1 heterocycles. The zero-order chi connectivity index (χ0) is 14.8. The van der Waals surface area contributed by atoms with Crippen LogP contribution in [-0.4, -0.2) is 38.5 Å². The summed E-state index contributed by atoms with van der Waals surface area (Å²) >= 11 is 1.89. The topological polar surface area (TPSA) is 55.6 Å². The fraction of sp³-hybridized carbons (Fsp3) is 0.933. The van der Waals surface area contributed by atoms with Crippen molar-refractivity contribution in [3.8, 4) is 0 Å². The maximum Gasteiger partial charge on any atom is 0.209 e. The molecule has 1 N–H and O–H groups in total. The van der Waals surface area contributed by atoms with E-state index < -0.39 is 0 Å². The van der Waals surface area contributed by atoms with E-state index in [1.54, 1.807) is 0 Å². The lowest BCUT2D eigenvalue weighted by molar-refractivity contribution is 0.256. The van der Waals surface area contributed by atoms with Crippen molar-refractivity contribution >= 4 is 11.8 Å². The van der Waals surface area contributed by atoms with Gasteiger partial charge in [0.2, 0.25) is 5.16 Å². The van der Waals surface area contributed by atoms with Crippen molar-refractivity contribution in [2.45, 2.75) is 74.9 Å². The minimum atomic E-state index is 0.522.